The van der Waals surface area contributed by atoms with Gasteiger partial charge in [-0.3, -0.25) is 9.69 Å². The van der Waals surface area contributed by atoms with Crippen molar-refractivity contribution in [1.82, 2.24) is 9.97 Å². The van der Waals surface area contributed by atoms with E-state index in [2.05, 4.69) is 0 Å². The van der Waals surface area contributed by atoms with Gasteiger partial charge in [0.25, 0.3) is 0 Å². The van der Waals surface area contributed by atoms with E-state index in [0.29, 0.717) is 23.5 Å². The summed E-state index contributed by atoms with van der Waals surface area (Å²) in [6.07, 6.45) is -1.44. The summed E-state index contributed by atoms with van der Waals surface area (Å²) in [5.74, 6) is -0.238. The zero-order valence-corrected chi connectivity index (χ0v) is 17.6. The second-order valence-corrected chi connectivity index (χ2v) is 7.68. The largest absolute Gasteiger partial charge is 0.465 e. The summed E-state index contributed by atoms with van der Waals surface area (Å²) in [6.45, 7) is 5.51. The van der Waals surface area contributed by atoms with E-state index in [1.54, 1.807) is 0 Å². The first kappa shape index (κ1) is 20.5. The highest BCUT2D eigenvalue weighted by atomic mass is 16.5. The number of carbonyl (C=O) groups excluding carboxylic acids is 1. The number of benzene rings is 2. The number of nitrogens with zero attached hydrogens (tertiary/aromatic N) is 3. The van der Waals surface area contributed by atoms with Gasteiger partial charge in [-0.25, -0.2) is 14.8 Å². The van der Waals surface area contributed by atoms with Crippen molar-refractivity contribution in [2.24, 2.45) is 0 Å². The lowest BCUT2D eigenvalue weighted by Crippen LogP contribution is -2.38. The highest BCUT2D eigenvalue weighted by molar-refractivity contribution is 5.88. The molecule has 1 aliphatic rings. The molecule has 1 amide bonds. The van der Waals surface area contributed by atoms with Crippen LogP contribution in [-0.4, -0.2) is 33.7 Å². The van der Waals surface area contributed by atoms with E-state index in [1.165, 1.54) is 11.8 Å². The van der Waals surface area contributed by atoms with E-state index >= 15 is 0 Å². The molecule has 1 atom stereocenters. The molecule has 1 unspecified atom stereocenters. The van der Waals surface area contributed by atoms with E-state index in [4.69, 9.17) is 14.7 Å². The van der Waals surface area contributed by atoms with Crippen LogP contribution in [-0.2, 0) is 9.53 Å². The zero-order chi connectivity index (χ0) is 22.1. The van der Waals surface area contributed by atoms with Crippen molar-refractivity contribution in [3.8, 4) is 22.5 Å². The smallest absolute Gasteiger partial charge is 0.413 e. The van der Waals surface area contributed by atoms with Crippen molar-refractivity contribution in [3.63, 3.8) is 0 Å². The minimum Gasteiger partial charge on any atom is -0.465 e. The van der Waals surface area contributed by atoms with Gasteiger partial charge in [0, 0.05) is 31.0 Å². The molecule has 0 saturated heterocycles. The number of amides is 1. The Labute approximate surface area is 180 Å². The van der Waals surface area contributed by atoms with Crippen molar-refractivity contribution < 1.29 is 19.4 Å². The second-order valence-electron chi connectivity index (χ2n) is 7.68. The van der Waals surface area contributed by atoms with E-state index in [1.807, 2.05) is 62.4 Å². The lowest BCUT2D eigenvalue weighted by Gasteiger charge is -2.31. The van der Waals surface area contributed by atoms with Gasteiger partial charge in [-0.05, 0) is 13.8 Å². The van der Waals surface area contributed by atoms with E-state index in [9.17, 15) is 14.7 Å². The molecule has 3 aromatic rings. The van der Waals surface area contributed by atoms with Crippen LogP contribution in [0.4, 0.5) is 10.6 Å². The molecule has 1 aromatic heterocycles. The average Bonchev–Trinajstić information content (AvgIpc) is 2.74. The number of aromatic nitrogens is 2. The van der Waals surface area contributed by atoms with Crippen LogP contribution >= 0.6 is 0 Å². The molecule has 1 N–H and O–H groups in total. The maximum Gasteiger partial charge on any atom is 0.413 e. The van der Waals surface area contributed by atoms with E-state index in [-0.39, 0.29) is 12.4 Å². The SMILES string of the molecule is CC(=O)OC1CCN(C(=O)O)c2nc(-c3ccc(C)cc3)c(-c3ccc(C)cc3)nc21. The Morgan fingerprint density at radius 2 is 1.45 bits per heavy atom. The standard InChI is InChI=1S/C24H23N3O4/c1-14-4-8-17(9-5-14)20-21(18-10-6-15(2)7-11-18)26-23-22(25-20)19(31-16(3)28)12-13-27(23)24(29)30/h4-11,19H,12-13H2,1-3H3,(H,29,30). The Morgan fingerprint density at radius 3 is 1.94 bits per heavy atom. The van der Waals surface area contributed by atoms with Crippen molar-refractivity contribution in [2.75, 3.05) is 11.4 Å². The highest BCUT2D eigenvalue weighted by Crippen LogP contribution is 2.39. The lowest BCUT2D eigenvalue weighted by atomic mass is 10.00. The summed E-state index contributed by atoms with van der Waals surface area (Å²) in [5, 5.41) is 9.72. The van der Waals surface area contributed by atoms with Crippen LogP contribution in [0.1, 0.15) is 36.3 Å². The molecule has 0 aliphatic carbocycles. The van der Waals surface area contributed by atoms with Gasteiger partial charge >= 0.3 is 12.1 Å². The van der Waals surface area contributed by atoms with Gasteiger partial charge < -0.3 is 9.84 Å². The molecule has 4 rings (SSSR count). The number of esters is 1. The monoisotopic (exact) mass is 417 g/mol. The topological polar surface area (TPSA) is 92.6 Å². The van der Waals surface area contributed by atoms with Gasteiger partial charge in [-0.15, -0.1) is 0 Å². The van der Waals surface area contributed by atoms with Gasteiger partial charge in [-0.2, -0.15) is 0 Å². The van der Waals surface area contributed by atoms with Crippen LogP contribution in [0.5, 0.6) is 0 Å². The van der Waals surface area contributed by atoms with Crippen LogP contribution in [0.2, 0.25) is 0 Å². The van der Waals surface area contributed by atoms with Crippen molar-refractivity contribution in [1.29, 1.82) is 0 Å². The number of hydrogen-bond acceptors (Lipinski definition) is 5. The number of carboxylic acid groups (broad SMARTS) is 1. The van der Waals surface area contributed by atoms with Crippen molar-refractivity contribution >= 4 is 17.9 Å². The van der Waals surface area contributed by atoms with Gasteiger partial charge in [0.15, 0.2) is 5.82 Å². The second kappa shape index (κ2) is 8.18. The summed E-state index contributed by atoms with van der Waals surface area (Å²) in [4.78, 5) is 34.3. The molecule has 1 aliphatic heterocycles. The normalized spacial score (nSPS) is 15.3. The third-order valence-electron chi connectivity index (χ3n) is 5.27. The average molecular weight is 417 g/mol. The Hall–Kier alpha value is -3.74. The number of rotatable bonds is 3. The third kappa shape index (κ3) is 4.12. The predicted molar refractivity (Wildman–Crippen MR) is 117 cm³/mol. The van der Waals surface area contributed by atoms with Gasteiger partial charge in [0.2, 0.25) is 0 Å². The van der Waals surface area contributed by atoms with Gasteiger partial charge in [0.05, 0.1) is 11.4 Å². The Morgan fingerprint density at radius 1 is 0.935 bits per heavy atom. The maximum atomic E-state index is 11.9. The van der Waals surface area contributed by atoms with Crippen LogP contribution < -0.4 is 4.90 Å². The molecule has 0 radical (unpaired) electrons. The first-order valence-electron chi connectivity index (χ1n) is 10.1. The van der Waals surface area contributed by atoms with Crippen LogP contribution in [0, 0.1) is 13.8 Å². The number of anilines is 1. The Balaban J connectivity index is 1.97. The van der Waals surface area contributed by atoms with Gasteiger partial charge in [-0.1, -0.05) is 59.7 Å². The summed E-state index contributed by atoms with van der Waals surface area (Å²) >= 11 is 0. The minimum absolute atomic E-state index is 0.173. The minimum atomic E-state index is -1.12. The van der Waals surface area contributed by atoms with E-state index < -0.39 is 18.2 Å². The summed E-state index contributed by atoms with van der Waals surface area (Å²) < 4.78 is 5.46. The molecule has 7 heteroatoms. The number of carbonyl (C=O) groups is 2. The molecular formula is C24H23N3O4. The molecule has 2 aromatic carbocycles. The molecule has 0 saturated carbocycles. The molecule has 2 heterocycles. The molecule has 7 nitrogen and oxygen atoms in total. The molecule has 0 bridgehead atoms. The molecule has 0 spiro atoms. The van der Waals surface area contributed by atoms with Crippen LogP contribution in [0.25, 0.3) is 22.5 Å². The first-order chi connectivity index (χ1) is 14.8. The molecule has 0 fully saturated rings. The predicted octanol–water partition coefficient (Wildman–Crippen LogP) is 4.92. The van der Waals surface area contributed by atoms with Crippen molar-refractivity contribution in [2.45, 2.75) is 33.3 Å². The summed E-state index contributed by atoms with van der Waals surface area (Å²) in [5.41, 5.74) is 5.46. The first-order valence-corrected chi connectivity index (χ1v) is 10.1. The fourth-order valence-electron chi connectivity index (χ4n) is 3.67. The Kier molecular flexibility index (Phi) is 5.42. The van der Waals surface area contributed by atoms with Crippen LogP contribution in [0.3, 0.4) is 0 Å². The lowest BCUT2D eigenvalue weighted by molar-refractivity contribution is -0.147. The molecule has 31 heavy (non-hydrogen) atoms. The number of ether oxygens (including phenoxy) is 1. The summed E-state index contributed by atoms with van der Waals surface area (Å²) in [6, 6.07) is 15.7. The fraction of sp³-hybridized carbons (Fsp3) is 0.250. The maximum absolute atomic E-state index is 11.9. The molecular weight excluding hydrogens is 394 g/mol. The fourth-order valence-corrected chi connectivity index (χ4v) is 3.67. The zero-order valence-electron chi connectivity index (χ0n) is 17.6. The highest BCUT2D eigenvalue weighted by Gasteiger charge is 2.35. The number of fused-ring (bicyclic) bond motifs is 1. The molecule has 158 valence electrons. The van der Waals surface area contributed by atoms with Crippen LogP contribution in [0.15, 0.2) is 48.5 Å². The third-order valence-corrected chi connectivity index (χ3v) is 5.27. The van der Waals surface area contributed by atoms with Crippen molar-refractivity contribution in [3.05, 3.63) is 65.4 Å². The quantitative estimate of drug-likeness (QED) is 0.608. The number of aryl methyl sites for hydroxylation is 2. The summed E-state index contributed by atoms with van der Waals surface area (Å²) in [7, 11) is 0. The van der Waals surface area contributed by atoms with Gasteiger partial charge in [0.1, 0.15) is 11.8 Å². The number of hydrogen-bond donors (Lipinski definition) is 1. The Bertz CT molecular complexity index is 1140. The van der Waals surface area contributed by atoms with E-state index in [0.717, 1.165) is 22.3 Å².